The number of halogens is 1. The van der Waals surface area contributed by atoms with Crippen LogP contribution in [0.2, 0.25) is 0 Å². The monoisotopic (exact) mass is 367 g/mol. The zero-order valence-electron chi connectivity index (χ0n) is 12.1. The van der Waals surface area contributed by atoms with Crippen LogP contribution in [-0.4, -0.2) is 30.9 Å². The van der Waals surface area contributed by atoms with E-state index in [0.717, 1.165) is 22.3 Å². The lowest BCUT2D eigenvalue weighted by Gasteiger charge is -2.14. The molecule has 0 spiro atoms. The molecular formula is C16H18BrNO2S. The lowest BCUT2D eigenvalue weighted by molar-refractivity contribution is 0.0943. The zero-order chi connectivity index (χ0) is 15.2. The SMILES string of the molecule is CCOc1ccc(C(=O)CN(C)Cc2cc(Br)cs2)cc1. The summed E-state index contributed by atoms with van der Waals surface area (Å²) in [5.41, 5.74) is 0.720. The fraction of sp³-hybridized carbons (Fsp3) is 0.312. The Balaban J connectivity index is 1.90. The van der Waals surface area contributed by atoms with Crippen LogP contribution in [0, 0.1) is 0 Å². The van der Waals surface area contributed by atoms with E-state index in [1.807, 2.05) is 43.1 Å². The lowest BCUT2D eigenvalue weighted by atomic mass is 10.1. The predicted molar refractivity (Wildman–Crippen MR) is 90.3 cm³/mol. The van der Waals surface area contributed by atoms with E-state index in [9.17, 15) is 4.79 Å². The number of nitrogens with zero attached hydrogens (tertiary/aromatic N) is 1. The van der Waals surface area contributed by atoms with Crippen LogP contribution in [0.1, 0.15) is 22.2 Å². The third-order valence-electron chi connectivity index (χ3n) is 2.95. The zero-order valence-corrected chi connectivity index (χ0v) is 14.5. The highest BCUT2D eigenvalue weighted by atomic mass is 79.9. The Kier molecular flexibility index (Phi) is 5.96. The number of hydrogen-bond acceptors (Lipinski definition) is 4. The maximum Gasteiger partial charge on any atom is 0.176 e. The van der Waals surface area contributed by atoms with Crippen LogP contribution < -0.4 is 4.74 Å². The molecule has 0 amide bonds. The van der Waals surface area contributed by atoms with E-state index in [2.05, 4.69) is 27.4 Å². The standard InChI is InChI=1S/C16H18BrNO2S/c1-3-20-14-6-4-12(5-7-14)16(19)10-18(2)9-15-8-13(17)11-21-15/h4-8,11H,3,9-10H2,1-2H3. The predicted octanol–water partition coefficient (Wildman–Crippen LogP) is 4.22. The minimum absolute atomic E-state index is 0.121. The maximum absolute atomic E-state index is 12.2. The van der Waals surface area contributed by atoms with Crippen LogP contribution in [0.3, 0.4) is 0 Å². The molecule has 0 N–H and O–H groups in total. The van der Waals surface area contributed by atoms with Crippen molar-refractivity contribution < 1.29 is 9.53 Å². The molecular weight excluding hydrogens is 350 g/mol. The number of thiophene rings is 1. The van der Waals surface area contributed by atoms with Gasteiger partial charge in [0.1, 0.15) is 5.75 Å². The molecule has 0 unspecified atom stereocenters. The van der Waals surface area contributed by atoms with Crippen molar-refractivity contribution in [1.29, 1.82) is 0 Å². The molecule has 0 aliphatic carbocycles. The fourth-order valence-electron chi connectivity index (χ4n) is 2.00. The minimum atomic E-state index is 0.121. The largest absolute Gasteiger partial charge is 0.494 e. The summed E-state index contributed by atoms with van der Waals surface area (Å²) in [6, 6.07) is 9.41. The van der Waals surface area contributed by atoms with Crippen LogP contribution in [0.4, 0.5) is 0 Å². The number of hydrogen-bond donors (Lipinski definition) is 0. The Morgan fingerprint density at radius 3 is 2.62 bits per heavy atom. The quantitative estimate of drug-likeness (QED) is 0.686. The van der Waals surface area contributed by atoms with Gasteiger partial charge < -0.3 is 4.74 Å². The summed E-state index contributed by atoms with van der Waals surface area (Å²) in [6.45, 7) is 3.76. The van der Waals surface area contributed by atoms with Crippen LogP contribution in [0.5, 0.6) is 5.75 Å². The Hall–Kier alpha value is -1.17. The van der Waals surface area contributed by atoms with Crippen LogP contribution in [0.25, 0.3) is 0 Å². The first-order valence-electron chi connectivity index (χ1n) is 6.76. The van der Waals surface area contributed by atoms with E-state index >= 15 is 0 Å². The average Bonchev–Trinajstić information content (AvgIpc) is 2.85. The number of carbonyl (C=O) groups is 1. The molecule has 1 aromatic carbocycles. The van der Waals surface area contributed by atoms with Gasteiger partial charge in [0, 0.05) is 26.8 Å². The van der Waals surface area contributed by atoms with Gasteiger partial charge in [-0.15, -0.1) is 11.3 Å². The number of rotatable bonds is 7. The molecule has 3 nitrogen and oxygen atoms in total. The van der Waals surface area contributed by atoms with E-state index in [0.29, 0.717) is 13.2 Å². The van der Waals surface area contributed by atoms with Gasteiger partial charge in [0.2, 0.25) is 0 Å². The highest BCUT2D eigenvalue weighted by molar-refractivity contribution is 9.10. The molecule has 0 saturated heterocycles. The lowest BCUT2D eigenvalue weighted by Crippen LogP contribution is -2.25. The van der Waals surface area contributed by atoms with Gasteiger partial charge >= 0.3 is 0 Å². The van der Waals surface area contributed by atoms with Crippen molar-refractivity contribution in [2.45, 2.75) is 13.5 Å². The summed E-state index contributed by atoms with van der Waals surface area (Å²) in [5, 5.41) is 2.05. The van der Waals surface area contributed by atoms with Gasteiger partial charge in [-0.05, 0) is 60.2 Å². The van der Waals surface area contributed by atoms with Crippen molar-refractivity contribution in [3.05, 3.63) is 50.6 Å². The number of carbonyl (C=O) groups excluding carboxylic acids is 1. The molecule has 0 saturated carbocycles. The van der Waals surface area contributed by atoms with Crippen molar-refractivity contribution in [3.63, 3.8) is 0 Å². The third kappa shape index (κ3) is 4.95. The van der Waals surface area contributed by atoms with Gasteiger partial charge in [0.25, 0.3) is 0 Å². The Bertz CT molecular complexity index is 595. The van der Waals surface area contributed by atoms with E-state index < -0.39 is 0 Å². The summed E-state index contributed by atoms with van der Waals surface area (Å²) in [6.07, 6.45) is 0. The second-order valence-electron chi connectivity index (χ2n) is 4.78. The first-order valence-corrected chi connectivity index (χ1v) is 8.43. The van der Waals surface area contributed by atoms with Gasteiger partial charge in [-0.25, -0.2) is 0 Å². The molecule has 0 atom stereocenters. The average molecular weight is 368 g/mol. The molecule has 2 aromatic rings. The smallest absolute Gasteiger partial charge is 0.176 e. The molecule has 1 aromatic heterocycles. The number of benzene rings is 1. The highest BCUT2D eigenvalue weighted by Gasteiger charge is 2.11. The van der Waals surface area contributed by atoms with Crippen LogP contribution in [0.15, 0.2) is 40.2 Å². The van der Waals surface area contributed by atoms with E-state index in [1.54, 1.807) is 11.3 Å². The number of ketones is 1. The second-order valence-corrected chi connectivity index (χ2v) is 6.70. The topological polar surface area (TPSA) is 29.5 Å². The fourth-order valence-corrected chi connectivity index (χ4v) is 3.53. The first kappa shape index (κ1) is 16.2. The van der Waals surface area contributed by atoms with Crippen molar-refractivity contribution in [2.75, 3.05) is 20.2 Å². The third-order valence-corrected chi connectivity index (χ3v) is 4.63. The van der Waals surface area contributed by atoms with Crippen molar-refractivity contribution in [1.82, 2.24) is 4.90 Å². The van der Waals surface area contributed by atoms with Gasteiger partial charge in [0.05, 0.1) is 13.2 Å². The van der Waals surface area contributed by atoms with Crippen molar-refractivity contribution in [2.24, 2.45) is 0 Å². The highest BCUT2D eigenvalue weighted by Crippen LogP contribution is 2.21. The van der Waals surface area contributed by atoms with Crippen molar-refractivity contribution in [3.8, 4) is 5.75 Å². The molecule has 0 bridgehead atoms. The molecule has 21 heavy (non-hydrogen) atoms. The van der Waals surface area contributed by atoms with Gasteiger partial charge in [-0.3, -0.25) is 9.69 Å². The summed E-state index contributed by atoms with van der Waals surface area (Å²) >= 11 is 5.13. The Labute approximate surface area is 137 Å². The molecule has 2 rings (SSSR count). The summed E-state index contributed by atoms with van der Waals surface area (Å²) in [7, 11) is 1.96. The number of Topliss-reactive ketones (excluding diaryl/α,β-unsaturated/α-hetero) is 1. The molecule has 0 fully saturated rings. The van der Waals surface area contributed by atoms with Gasteiger partial charge in [-0.2, -0.15) is 0 Å². The molecule has 0 aliphatic heterocycles. The van der Waals surface area contributed by atoms with Gasteiger partial charge in [0.15, 0.2) is 5.78 Å². The maximum atomic E-state index is 12.2. The normalized spacial score (nSPS) is 10.9. The second kappa shape index (κ2) is 7.73. The van der Waals surface area contributed by atoms with Crippen LogP contribution >= 0.6 is 27.3 Å². The van der Waals surface area contributed by atoms with Crippen LogP contribution in [-0.2, 0) is 6.54 Å². The van der Waals surface area contributed by atoms with Gasteiger partial charge in [-0.1, -0.05) is 0 Å². The Morgan fingerprint density at radius 2 is 2.05 bits per heavy atom. The molecule has 1 heterocycles. The first-order chi connectivity index (χ1) is 10.1. The summed E-state index contributed by atoms with van der Waals surface area (Å²) in [5.74, 6) is 0.919. The Morgan fingerprint density at radius 1 is 1.33 bits per heavy atom. The minimum Gasteiger partial charge on any atom is -0.494 e. The molecule has 0 aliphatic rings. The van der Waals surface area contributed by atoms with E-state index in [1.165, 1.54) is 4.88 Å². The molecule has 112 valence electrons. The summed E-state index contributed by atoms with van der Waals surface area (Å²) in [4.78, 5) is 15.5. The van der Waals surface area contributed by atoms with E-state index in [-0.39, 0.29) is 5.78 Å². The van der Waals surface area contributed by atoms with E-state index in [4.69, 9.17) is 4.74 Å². The molecule has 5 heteroatoms. The number of ether oxygens (including phenoxy) is 1. The summed E-state index contributed by atoms with van der Waals surface area (Å²) < 4.78 is 6.47. The van der Waals surface area contributed by atoms with Crippen molar-refractivity contribution >= 4 is 33.0 Å². The molecule has 0 radical (unpaired) electrons. The number of likely N-dealkylation sites (N-methyl/N-ethyl adjacent to an activating group) is 1.